The fourth-order valence-electron chi connectivity index (χ4n) is 3.68. The van der Waals surface area contributed by atoms with Gasteiger partial charge in [-0.3, -0.25) is 0 Å². The summed E-state index contributed by atoms with van der Waals surface area (Å²) < 4.78 is 21.2. The first-order chi connectivity index (χ1) is 10.9. The number of pyridine rings is 1. The van der Waals surface area contributed by atoms with Crippen molar-refractivity contribution in [3.8, 4) is 5.88 Å². The van der Waals surface area contributed by atoms with Gasteiger partial charge in [0.05, 0.1) is 13.2 Å². The van der Waals surface area contributed by atoms with Crippen LogP contribution < -0.4 is 14.8 Å². The lowest BCUT2D eigenvalue weighted by Gasteiger charge is -2.40. The Bertz CT molecular complexity index is 567. The largest absolute Gasteiger partial charge is 0.598 e. The molecule has 128 valence electrons. The lowest BCUT2D eigenvalue weighted by atomic mass is 9.73. The van der Waals surface area contributed by atoms with Gasteiger partial charge >= 0.3 is 0 Å². The van der Waals surface area contributed by atoms with Gasteiger partial charge in [0, 0.05) is 29.0 Å². The van der Waals surface area contributed by atoms with Crippen molar-refractivity contribution >= 4 is 11.4 Å². The molecule has 1 aliphatic heterocycles. The average molecular weight is 337 g/mol. The highest BCUT2D eigenvalue weighted by Gasteiger charge is 2.49. The lowest BCUT2D eigenvalue weighted by molar-refractivity contribution is 0.163. The van der Waals surface area contributed by atoms with E-state index in [9.17, 15) is 4.55 Å². The van der Waals surface area contributed by atoms with Crippen LogP contribution in [0.2, 0.25) is 0 Å². The maximum Gasteiger partial charge on any atom is 0.213 e. The quantitative estimate of drug-likeness (QED) is 0.827. The summed E-state index contributed by atoms with van der Waals surface area (Å²) in [6.07, 6.45) is 5.08. The molecule has 0 saturated carbocycles. The Morgan fingerprint density at radius 2 is 2.09 bits per heavy atom. The van der Waals surface area contributed by atoms with Gasteiger partial charge in [0.25, 0.3) is 0 Å². The van der Waals surface area contributed by atoms with E-state index in [0.29, 0.717) is 5.88 Å². The van der Waals surface area contributed by atoms with Gasteiger partial charge in [-0.25, -0.2) is 4.98 Å². The molecule has 3 rings (SSSR count). The Balaban J connectivity index is 1.94. The van der Waals surface area contributed by atoms with Crippen LogP contribution >= 0.6 is 0 Å². The molecule has 0 bridgehead atoms. The smallest absolute Gasteiger partial charge is 0.213 e. The molecule has 1 fully saturated rings. The van der Waals surface area contributed by atoms with Crippen LogP contribution in [0.5, 0.6) is 5.88 Å². The Morgan fingerprint density at radius 3 is 2.70 bits per heavy atom. The van der Waals surface area contributed by atoms with E-state index in [-0.39, 0.29) is 16.2 Å². The first-order valence-electron chi connectivity index (χ1n) is 8.27. The highest BCUT2D eigenvalue weighted by Crippen LogP contribution is 2.51. The molecule has 6 heteroatoms. The summed E-state index contributed by atoms with van der Waals surface area (Å²) in [5.74, 6) is 0.658. The first-order valence-corrected chi connectivity index (χ1v) is 9.42. The third-order valence-corrected chi connectivity index (χ3v) is 6.62. The van der Waals surface area contributed by atoms with Crippen molar-refractivity contribution in [2.75, 3.05) is 20.2 Å². The number of rotatable bonds is 3. The third-order valence-electron chi connectivity index (χ3n) is 5.05. The van der Waals surface area contributed by atoms with Gasteiger partial charge < -0.3 is 14.6 Å². The maximum absolute atomic E-state index is 12.7. The van der Waals surface area contributed by atoms with E-state index in [4.69, 9.17) is 4.74 Å². The molecule has 1 spiro atoms. The van der Waals surface area contributed by atoms with Crippen LogP contribution in [0.25, 0.3) is 0 Å². The van der Waals surface area contributed by atoms with Gasteiger partial charge in [-0.05, 0) is 64.3 Å². The first kappa shape index (κ1) is 17.0. The molecular weight excluding hydrogens is 310 g/mol. The number of hydrogen-bond acceptors (Lipinski definition) is 5. The molecule has 0 aromatic carbocycles. The Morgan fingerprint density at radius 1 is 1.39 bits per heavy atom. The normalized spacial score (nSPS) is 24.5. The summed E-state index contributed by atoms with van der Waals surface area (Å²) in [6, 6.07) is 2.14. The molecule has 1 aliphatic carbocycles. The van der Waals surface area contributed by atoms with E-state index in [1.165, 1.54) is 11.1 Å². The summed E-state index contributed by atoms with van der Waals surface area (Å²) in [6.45, 7) is 8.05. The molecule has 2 heterocycles. The van der Waals surface area contributed by atoms with Gasteiger partial charge in [-0.2, -0.15) is 0 Å². The molecule has 2 N–H and O–H groups in total. The Kier molecular flexibility index (Phi) is 4.62. The van der Waals surface area contributed by atoms with Crippen molar-refractivity contribution < 1.29 is 9.29 Å². The predicted octanol–water partition coefficient (Wildman–Crippen LogP) is 2.11. The van der Waals surface area contributed by atoms with Gasteiger partial charge in [0.2, 0.25) is 5.88 Å². The van der Waals surface area contributed by atoms with Gasteiger partial charge in [0.15, 0.2) is 0 Å². The van der Waals surface area contributed by atoms with Crippen molar-refractivity contribution in [2.24, 2.45) is 5.41 Å². The number of ether oxygens (including phenoxy) is 1. The van der Waals surface area contributed by atoms with Gasteiger partial charge in [-0.15, -0.1) is 4.72 Å². The molecule has 1 unspecified atom stereocenters. The van der Waals surface area contributed by atoms with E-state index < -0.39 is 11.4 Å². The molecule has 5 nitrogen and oxygen atoms in total. The zero-order chi connectivity index (χ0) is 16.7. The average Bonchev–Trinajstić information content (AvgIpc) is 2.79. The molecule has 2 atom stereocenters. The van der Waals surface area contributed by atoms with Crippen LogP contribution in [0.1, 0.15) is 50.8 Å². The fraction of sp³-hybridized carbons (Fsp3) is 0.706. The van der Waals surface area contributed by atoms with Crippen LogP contribution in [-0.2, 0) is 17.8 Å². The van der Waals surface area contributed by atoms with Crippen molar-refractivity contribution in [2.45, 2.75) is 50.8 Å². The van der Waals surface area contributed by atoms with Crippen molar-refractivity contribution in [3.05, 3.63) is 23.4 Å². The second-order valence-electron chi connectivity index (χ2n) is 7.65. The van der Waals surface area contributed by atoms with E-state index in [1.54, 1.807) is 7.11 Å². The summed E-state index contributed by atoms with van der Waals surface area (Å²) in [5, 5.41) is 3.45. The molecule has 2 aliphatic rings. The van der Waals surface area contributed by atoms with Gasteiger partial charge in [-0.1, -0.05) is 0 Å². The number of methoxy groups -OCH3 is 1. The van der Waals surface area contributed by atoms with E-state index in [2.05, 4.69) is 15.0 Å². The number of fused-ring (bicyclic) bond motifs is 1. The van der Waals surface area contributed by atoms with E-state index in [1.807, 2.05) is 33.0 Å². The standard InChI is InChI=1S/C17H27N3O2S/c1-16(2,3)23(21)20-15-13-11-19-14(22-4)9-12(13)10-17(15)5-7-18-8-6-17/h9,11,15,18,20H,5-8,10H2,1-4H3/t15?,23-/m1/s1. The lowest BCUT2D eigenvalue weighted by Crippen LogP contribution is -2.48. The number of hydrogen-bond donors (Lipinski definition) is 2. The topological polar surface area (TPSA) is 69.2 Å². The summed E-state index contributed by atoms with van der Waals surface area (Å²) in [7, 11) is 1.65. The molecule has 1 saturated heterocycles. The summed E-state index contributed by atoms with van der Waals surface area (Å²) in [4.78, 5) is 4.39. The molecule has 23 heavy (non-hydrogen) atoms. The summed E-state index contributed by atoms with van der Waals surface area (Å²) >= 11 is -1.10. The molecule has 1 aromatic rings. The fourth-order valence-corrected chi connectivity index (χ4v) is 4.63. The molecule has 1 aromatic heterocycles. The Hall–Kier alpha value is -0.820. The highest BCUT2D eigenvalue weighted by atomic mass is 32.2. The molecular formula is C17H27N3O2S. The van der Waals surface area contributed by atoms with Gasteiger partial charge in [0.1, 0.15) is 4.75 Å². The zero-order valence-electron chi connectivity index (χ0n) is 14.4. The van der Waals surface area contributed by atoms with Crippen LogP contribution in [0.3, 0.4) is 0 Å². The van der Waals surface area contributed by atoms with Crippen LogP contribution in [-0.4, -0.2) is 34.5 Å². The third kappa shape index (κ3) is 3.22. The minimum absolute atomic E-state index is 0.0954. The maximum atomic E-state index is 12.7. The number of nitrogens with one attached hydrogen (secondary N) is 2. The van der Waals surface area contributed by atoms with Crippen molar-refractivity contribution in [3.63, 3.8) is 0 Å². The van der Waals surface area contributed by atoms with Crippen molar-refractivity contribution in [1.82, 2.24) is 15.0 Å². The predicted molar refractivity (Wildman–Crippen MR) is 92.8 cm³/mol. The monoisotopic (exact) mass is 337 g/mol. The second kappa shape index (κ2) is 6.24. The zero-order valence-corrected chi connectivity index (χ0v) is 15.3. The number of piperidine rings is 1. The van der Waals surface area contributed by atoms with E-state index >= 15 is 0 Å². The van der Waals surface area contributed by atoms with E-state index in [0.717, 1.165) is 32.4 Å². The molecule has 0 amide bonds. The molecule has 0 radical (unpaired) electrons. The summed E-state index contributed by atoms with van der Waals surface area (Å²) in [5.41, 5.74) is 2.59. The number of nitrogens with zero attached hydrogens (tertiary/aromatic N) is 1. The van der Waals surface area contributed by atoms with Crippen LogP contribution in [0.4, 0.5) is 0 Å². The van der Waals surface area contributed by atoms with Crippen LogP contribution in [0.15, 0.2) is 12.3 Å². The highest BCUT2D eigenvalue weighted by molar-refractivity contribution is 7.90. The minimum Gasteiger partial charge on any atom is -0.598 e. The minimum atomic E-state index is -1.10. The SMILES string of the molecule is COc1cc2c(cn1)C(N[S@+]([O-])C(C)(C)C)C1(CCNCC1)C2. The Labute approximate surface area is 141 Å². The van der Waals surface area contributed by atoms with Crippen LogP contribution in [0, 0.1) is 5.41 Å². The second-order valence-corrected chi connectivity index (χ2v) is 9.64. The number of aromatic nitrogens is 1. The van der Waals surface area contributed by atoms with Crippen molar-refractivity contribution in [1.29, 1.82) is 0 Å².